The van der Waals surface area contributed by atoms with Gasteiger partial charge in [0.1, 0.15) is 0 Å². The summed E-state index contributed by atoms with van der Waals surface area (Å²) in [6.07, 6.45) is 9.92. The zero-order chi connectivity index (χ0) is 32.0. The predicted octanol–water partition coefficient (Wildman–Crippen LogP) is 6.69. The Labute approximate surface area is 261 Å². The lowest BCUT2D eigenvalue weighted by Crippen LogP contribution is -2.29. The van der Waals surface area contributed by atoms with Crippen molar-refractivity contribution in [3.63, 3.8) is 0 Å². The smallest absolute Gasteiger partial charge is 0.266 e. The summed E-state index contributed by atoms with van der Waals surface area (Å²) in [5.74, 6) is -1.90. The van der Waals surface area contributed by atoms with Crippen molar-refractivity contribution in [3.05, 3.63) is 135 Å². The van der Waals surface area contributed by atoms with Crippen molar-refractivity contribution in [1.29, 1.82) is 0 Å². The Morgan fingerprint density at radius 2 is 1.20 bits per heavy atom. The van der Waals surface area contributed by atoms with Crippen LogP contribution in [0.15, 0.2) is 96.1 Å². The van der Waals surface area contributed by atoms with Gasteiger partial charge >= 0.3 is 0 Å². The Morgan fingerprint density at radius 3 is 1.82 bits per heavy atom. The molecule has 3 aromatic rings. The Kier molecular flexibility index (Phi) is 6.14. The van der Waals surface area contributed by atoms with E-state index in [1.54, 1.807) is 0 Å². The van der Waals surface area contributed by atoms with E-state index >= 15 is 0 Å². The van der Waals surface area contributed by atoms with Crippen molar-refractivity contribution < 1.29 is 24.0 Å². The van der Waals surface area contributed by atoms with Gasteiger partial charge in [-0.05, 0) is 70.9 Å². The Bertz CT molecular complexity index is 1990. The Balaban J connectivity index is 1.17. The zero-order valence-electron chi connectivity index (χ0n) is 25.8. The molecule has 2 aliphatic heterocycles. The lowest BCUT2D eigenvalue weighted by Gasteiger charge is -2.31. The molecule has 7 rings (SSSR count). The van der Waals surface area contributed by atoms with Gasteiger partial charge in [-0.3, -0.25) is 28.9 Å². The summed E-state index contributed by atoms with van der Waals surface area (Å²) in [4.78, 5) is 67.3. The number of nitrogens with zero attached hydrogens (tertiary/aromatic N) is 2. The normalized spacial score (nSPS) is 23.1. The second-order valence-electron chi connectivity index (χ2n) is 13.3. The molecule has 0 N–H and O–H groups in total. The van der Waals surface area contributed by atoms with Gasteiger partial charge in [-0.25, -0.2) is 4.90 Å². The fourth-order valence-electron chi connectivity index (χ4n) is 7.41. The maximum Gasteiger partial charge on any atom is 0.266 e. The topological polar surface area (TPSA) is 91.8 Å². The van der Waals surface area contributed by atoms with Gasteiger partial charge in [0.05, 0.1) is 27.9 Å². The van der Waals surface area contributed by atoms with Crippen LogP contribution in [0, 0.1) is 11.3 Å². The number of anilines is 1. The number of ketones is 1. The van der Waals surface area contributed by atoms with Crippen LogP contribution >= 0.6 is 0 Å². The minimum absolute atomic E-state index is 0.00553. The third-order valence-corrected chi connectivity index (χ3v) is 9.81. The van der Waals surface area contributed by atoms with E-state index in [2.05, 4.69) is 52.0 Å². The molecular weight excluding hydrogens is 564 g/mol. The lowest BCUT2D eigenvalue weighted by molar-refractivity contribution is 0.0692. The highest BCUT2D eigenvalue weighted by atomic mass is 16.2. The zero-order valence-corrected chi connectivity index (χ0v) is 25.8. The highest BCUT2D eigenvalue weighted by Gasteiger charge is 2.46. The largest absolute Gasteiger partial charge is 0.289 e. The van der Waals surface area contributed by atoms with Crippen LogP contribution in [0.1, 0.15) is 97.0 Å². The monoisotopic (exact) mass is 596 g/mol. The summed E-state index contributed by atoms with van der Waals surface area (Å²) < 4.78 is 0. The molecule has 2 atom stereocenters. The molecule has 0 saturated heterocycles. The summed E-state index contributed by atoms with van der Waals surface area (Å²) in [6, 6.07) is 16.4. The van der Waals surface area contributed by atoms with Crippen molar-refractivity contribution in [1.82, 2.24) is 4.90 Å². The number of carbonyl (C=O) groups is 5. The van der Waals surface area contributed by atoms with Crippen LogP contribution in [-0.2, 0) is 5.41 Å². The van der Waals surface area contributed by atoms with E-state index < -0.39 is 29.4 Å². The van der Waals surface area contributed by atoms with Crippen molar-refractivity contribution in [2.75, 3.05) is 11.9 Å². The molecule has 45 heavy (non-hydrogen) atoms. The molecule has 224 valence electrons. The van der Waals surface area contributed by atoms with Gasteiger partial charge in [0, 0.05) is 23.6 Å². The van der Waals surface area contributed by atoms with Crippen LogP contribution in [0.4, 0.5) is 5.69 Å². The standard InChI is InChI=1S/C38H32N2O5/c1-21-6-16-30-31(17-7-21)38(4,20-37(30,2)3)24-10-12-25(13-11-24)40-35(44)27-15-9-23(19-29(27)36(40)45)32(41)22-8-14-26-28(18-22)34(43)39(5)33(26)42/h6-19,21H,20H2,1-5H3. The Morgan fingerprint density at radius 1 is 0.689 bits per heavy atom. The fraction of sp³-hybridized carbons (Fsp3) is 0.237. The van der Waals surface area contributed by atoms with Crippen LogP contribution in [0.2, 0.25) is 0 Å². The van der Waals surface area contributed by atoms with E-state index in [0.29, 0.717) is 11.6 Å². The van der Waals surface area contributed by atoms with E-state index in [1.807, 2.05) is 24.3 Å². The third-order valence-electron chi connectivity index (χ3n) is 9.81. The van der Waals surface area contributed by atoms with Gasteiger partial charge in [-0.15, -0.1) is 0 Å². The molecule has 4 aliphatic rings. The Hall–Kier alpha value is -5.17. The van der Waals surface area contributed by atoms with Gasteiger partial charge in [-0.1, -0.05) is 76.3 Å². The van der Waals surface area contributed by atoms with Crippen LogP contribution in [0.25, 0.3) is 0 Å². The van der Waals surface area contributed by atoms with E-state index in [-0.39, 0.29) is 44.2 Å². The molecule has 0 fully saturated rings. The maximum atomic E-state index is 13.6. The van der Waals surface area contributed by atoms with E-state index in [9.17, 15) is 24.0 Å². The molecule has 0 radical (unpaired) electrons. The fourth-order valence-corrected chi connectivity index (χ4v) is 7.41. The molecule has 7 heteroatoms. The number of allylic oxidation sites excluding steroid dienone is 6. The lowest BCUT2D eigenvalue weighted by atomic mass is 9.73. The van der Waals surface area contributed by atoms with Crippen LogP contribution < -0.4 is 4.90 Å². The molecule has 2 unspecified atom stereocenters. The highest BCUT2D eigenvalue weighted by molar-refractivity contribution is 6.35. The second kappa shape index (κ2) is 9.66. The first-order valence-corrected chi connectivity index (χ1v) is 15.1. The minimum atomic E-state index is -0.502. The molecule has 4 amide bonds. The van der Waals surface area contributed by atoms with Gasteiger partial charge in [0.15, 0.2) is 5.78 Å². The summed E-state index contributed by atoms with van der Waals surface area (Å²) in [5, 5.41) is 0. The SMILES string of the molecule is CC1C=CC2=C(C=C1)C(C)(c1ccc(N3C(=O)c4ccc(C(=O)c5ccc6c(c5)C(=O)N(C)C6=O)cc4C3=O)cc1)CC2(C)C. The number of amides is 4. The summed E-state index contributed by atoms with van der Waals surface area (Å²) >= 11 is 0. The quantitative estimate of drug-likeness (QED) is 0.247. The number of fused-ring (bicyclic) bond motifs is 2. The van der Waals surface area contributed by atoms with Crippen LogP contribution in [-0.4, -0.2) is 41.4 Å². The van der Waals surface area contributed by atoms with E-state index in [1.165, 1.54) is 54.6 Å². The minimum Gasteiger partial charge on any atom is -0.289 e. The van der Waals surface area contributed by atoms with E-state index in [0.717, 1.165) is 21.8 Å². The number of imide groups is 2. The first kappa shape index (κ1) is 28.6. The maximum absolute atomic E-state index is 13.6. The molecule has 2 heterocycles. The number of carbonyl (C=O) groups excluding carboxylic acids is 5. The van der Waals surface area contributed by atoms with Crippen LogP contribution in [0.5, 0.6) is 0 Å². The van der Waals surface area contributed by atoms with Crippen molar-refractivity contribution in [2.45, 2.75) is 39.5 Å². The van der Waals surface area contributed by atoms with Crippen molar-refractivity contribution in [2.24, 2.45) is 11.3 Å². The van der Waals surface area contributed by atoms with Crippen molar-refractivity contribution in [3.8, 4) is 0 Å². The molecule has 7 nitrogen and oxygen atoms in total. The molecule has 0 saturated carbocycles. The number of hydrogen-bond acceptors (Lipinski definition) is 5. The average Bonchev–Trinajstić information content (AvgIpc) is 3.38. The molecule has 2 aliphatic carbocycles. The predicted molar refractivity (Wildman–Crippen MR) is 171 cm³/mol. The number of rotatable bonds is 4. The van der Waals surface area contributed by atoms with Gasteiger partial charge in [-0.2, -0.15) is 0 Å². The molecule has 3 aromatic carbocycles. The highest BCUT2D eigenvalue weighted by Crippen LogP contribution is 2.55. The van der Waals surface area contributed by atoms with Crippen LogP contribution in [0.3, 0.4) is 0 Å². The molecule has 0 bridgehead atoms. The summed E-state index contributed by atoms with van der Waals surface area (Å²) in [6.45, 7) is 8.98. The third kappa shape index (κ3) is 4.14. The van der Waals surface area contributed by atoms with Crippen molar-refractivity contribution >= 4 is 35.1 Å². The second-order valence-corrected chi connectivity index (χ2v) is 13.3. The molecule has 0 spiro atoms. The van der Waals surface area contributed by atoms with Gasteiger partial charge < -0.3 is 0 Å². The van der Waals surface area contributed by atoms with Gasteiger partial charge in [0.2, 0.25) is 0 Å². The number of hydrogen-bond donors (Lipinski definition) is 0. The van der Waals surface area contributed by atoms with E-state index in [4.69, 9.17) is 0 Å². The molecular formula is C38H32N2O5. The average molecular weight is 597 g/mol. The first-order valence-electron chi connectivity index (χ1n) is 15.1. The first-order chi connectivity index (χ1) is 21.3. The van der Waals surface area contributed by atoms with Gasteiger partial charge in [0.25, 0.3) is 23.6 Å². The summed E-state index contributed by atoms with van der Waals surface area (Å²) in [5.41, 5.74) is 5.17. The summed E-state index contributed by atoms with van der Waals surface area (Å²) in [7, 11) is 1.39. The number of benzene rings is 3. The molecule has 0 aromatic heterocycles.